The number of nitrogens with zero attached hydrogens (tertiary/aromatic N) is 4. The van der Waals surface area contributed by atoms with E-state index in [1.807, 2.05) is 33.0 Å². The number of ether oxygens (including phenoxy) is 1. The summed E-state index contributed by atoms with van der Waals surface area (Å²) in [6.07, 6.45) is 3.21. The molecule has 0 fully saturated rings. The first-order valence-corrected chi connectivity index (χ1v) is 13.0. The zero-order valence-corrected chi connectivity index (χ0v) is 23.0. The second-order valence-electron chi connectivity index (χ2n) is 10.1. The van der Waals surface area contributed by atoms with Crippen molar-refractivity contribution < 1.29 is 24.0 Å². The highest BCUT2D eigenvalue weighted by atomic mass is 16.5. The Kier molecular flexibility index (Phi) is 8.82. The number of amides is 3. The van der Waals surface area contributed by atoms with Crippen LogP contribution in [0.5, 0.6) is 5.75 Å². The minimum absolute atomic E-state index is 0.0693. The fourth-order valence-electron chi connectivity index (χ4n) is 4.66. The molecule has 0 unspecified atom stereocenters. The fraction of sp³-hybridized carbons (Fsp3) is 0.429. The molecule has 11 heteroatoms. The van der Waals surface area contributed by atoms with Crippen LogP contribution in [0.25, 0.3) is 0 Å². The van der Waals surface area contributed by atoms with Crippen LogP contribution in [0.2, 0.25) is 0 Å². The van der Waals surface area contributed by atoms with Crippen molar-refractivity contribution in [3.8, 4) is 5.75 Å². The van der Waals surface area contributed by atoms with Gasteiger partial charge in [-0.3, -0.25) is 14.7 Å². The molecule has 1 aromatic carbocycles. The predicted molar refractivity (Wildman–Crippen MR) is 147 cm³/mol. The van der Waals surface area contributed by atoms with Crippen LogP contribution < -0.4 is 15.4 Å². The topological polar surface area (TPSA) is 133 Å². The summed E-state index contributed by atoms with van der Waals surface area (Å²) in [6.45, 7) is 8.79. The lowest BCUT2D eigenvalue weighted by molar-refractivity contribution is 0.0343. The van der Waals surface area contributed by atoms with E-state index in [9.17, 15) is 14.7 Å². The van der Waals surface area contributed by atoms with Crippen molar-refractivity contribution in [1.29, 1.82) is 0 Å². The monoisotopic (exact) mass is 536 g/mol. The summed E-state index contributed by atoms with van der Waals surface area (Å²) in [5.74, 6) is 0.439. The number of para-hydroxylation sites is 1. The standard InChI is InChI=1S/C28H36N6O5/c1-17-13-34(18(2)16-35)27(36)22-7-6-8-23(30-28(37)31-25-19(3)32-39-20(25)4)26(22)38-24(17)15-33(5)14-21-9-11-29-12-10-21/h6-12,17-18,24,35H,13-16H2,1-5H3,(H2,30,31,37)/t17-,18-,24-/m1/s1. The number of fused-ring (bicyclic) bond motifs is 1. The molecule has 39 heavy (non-hydrogen) atoms. The second kappa shape index (κ2) is 12.3. The van der Waals surface area contributed by atoms with E-state index in [1.54, 1.807) is 49.3 Å². The molecule has 3 N–H and O–H groups in total. The third-order valence-electron chi connectivity index (χ3n) is 6.90. The number of likely N-dealkylation sites (N-methyl/N-ethyl adjacent to an activating group) is 1. The number of hydrogen-bond donors (Lipinski definition) is 3. The van der Waals surface area contributed by atoms with Crippen molar-refractivity contribution in [2.45, 2.75) is 46.4 Å². The van der Waals surface area contributed by atoms with Crippen LogP contribution in [0.15, 0.2) is 47.2 Å². The molecule has 0 bridgehead atoms. The van der Waals surface area contributed by atoms with Gasteiger partial charge in [0.15, 0.2) is 11.5 Å². The Morgan fingerprint density at radius 2 is 1.97 bits per heavy atom. The van der Waals surface area contributed by atoms with E-state index in [1.165, 1.54) is 0 Å². The summed E-state index contributed by atoms with van der Waals surface area (Å²) in [7, 11) is 2.01. The molecular formula is C28H36N6O5. The van der Waals surface area contributed by atoms with Gasteiger partial charge in [0, 0.05) is 37.9 Å². The molecular weight excluding hydrogens is 500 g/mol. The molecule has 0 spiro atoms. The van der Waals surface area contributed by atoms with Gasteiger partial charge in [0.05, 0.1) is 23.9 Å². The minimum Gasteiger partial charge on any atom is -0.486 e. The molecule has 0 saturated heterocycles. The number of aryl methyl sites for hydroxylation is 2. The third-order valence-corrected chi connectivity index (χ3v) is 6.90. The summed E-state index contributed by atoms with van der Waals surface area (Å²) in [4.78, 5) is 34.5. The van der Waals surface area contributed by atoms with Gasteiger partial charge in [0.25, 0.3) is 5.91 Å². The van der Waals surface area contributed by atoms with Crippen molar-refractivity contribution in [2.75, 3.05) is 37.4 Å². The lowest BCUT2D eigenvalue weighted by atomic mass is 9.99. The Hall–Kier alpha value is -3.96. The minimum atomic E-state index is -0.518. The number of rotatable bonds is 8. The summed E-state index contributed by atoms with van der Waals surface area (Å²) in [5.41, 5.74) is 2.83. The molecule has 11 nitrogen and oxygen atoms in total. The van der Waals surface area contributed by atoms with Crippen LogP contribution in [-0.4, -0.2) is 75.9 Å². The first kappa shape index (κ1) is 28.1. The number of aliphatic hydroxyl groups is 1. The van der Waals surface area contributed by atoms with Crippen LogP contribution in [0, 0.1) is 19.8 Å². The van der Waals surface area contributed by atoms with Gasteiger partial charge in [-0.05, 0) is 57.6 Å². The van der Waals surface area contributed by atoms with Gasteiger partial charge in [-0.15, -0.1) is 0 Å². The maximum Gasteiger partial charge on any atom is 0.323 e. The highest BCUT2D eigenvalue weighted by Gasteiger charge is 2.34. The average molecular weight is 537 g/mol. The molecule has 3 atom stereocenters. The highest BCUT2D eigenvalue weighted by molar-refractivity contribution is 6.04. The molecule has 0 radical (unpaired) electrons. The highest BCUT2D eigenvalue weighted by Crippen LogP contribution is 2.35. The van der Waals surface area contributed by atoms with E-state index in [-0.39, 0.29) is 30.6 Å². The average Bonchev–Trinajstić information content (AvgIpc) is 3.23. The van der Waals surface area contributed by atoms with Crippen molar-refractivity contribution in [3.05, 3.63) is 65.3 Å². The summed E-state index contributed by atoms with van der Waals surface area (Å²) >= 11 is 0. The number of anilines is 2. The first-order chi connectivity index (χ1) is 18.7. The molecule has 0 saturated carbocycles. The van der Waals surface area contributed by atoms with E-state index in [0.29, 0.717) is 53.8 Å². The number of carbonyl (C=O) groups excluding carboxylic acids is 2. The number of aliphatic hydroxyl groups excluding tert-OH is 1. The maximum absolute atomic E-state index is 13.7. The molecule has 3 aromatic rings. The summed E-state index contributed by atoms with van der Waals surface area (Å²) < 4.78 is 11.7. The van der Waals surface area contributed by atoms with Gasteiger partial charge in [0.1, 0.15) is 17.5 Å². The van der Waals surface area contributed by atoms with Crippen LogP contribution >= 0.6 is 0 Å². The van der Waals surface area contributed by atoms with Crippen molar-refractivity contribution in [2.24, 2.45) is 5.92 Å². The zero-order chi connectivity index (χ0) is 28.1. The fourth-order valence-corrected chi connectivity index (χ4v) is 4.66. The van der Waals surface area contributed by atoms with E-state index < -0.39 is 6.03 Å². The Bertz CT molecular complexity index is 1280. The molecule has 0 aliphatic carbocycles. The third kappa shape index (κ3) is 6.55. The van der Waals surface area contributed by atoms with Crippen molar-refractivity contribution in [3.63, 3.8) is 0 Å². The van der Waals surface area contributed by atoms with Crippen molar-refractivity contribution >= 4 is 23.3 Å². The van der Waals surface area contributed by atoms with Crippen LogP contribution in [0.3, 0.4) is 0 Å². The quantitative estimate of drug-likeness (QED) is 0.397. The number of pyridine rings is 1. The predicted octanol–water partition coefficient (Wildman–Crippen LogP) is 3.68. The number of nitrogens with one attached hydrogen (secondary N) is 2. The molecule has 208 valence electrons. The Morgan fingerprint density at radius 3 is 2.64 bits per heavy atom. The van der Waals surface area contributed by atoms with Crippen molar-refractivity contribution in [1.82, 2.24) is 19.9 Å². The lowest BCUT2D eigenvalue weighted by Gasteiger charge is -2.38. The summed E-state index contributed by atoms with van der Waals surface area (Å²) in [6, 6.07) is 8.11. The zero-order valence-electron chi connectivity index (χ0n) is 23.0. The van der Waals surface area contributed by atoms with E-state index in [0.717, 1.165) is 5.56 Å². The molecule has 1 aliphatic heterocycles. The Balaban J connectivity index is 1.64. The van der Waals surface area contributed by atoms with Gasteiger partial charge in [-0.1, -0.05) is 18.1 Å². The van der Waals surface area contributed by atoms with Gasteiger partial charge in [0.2, 0.25) is 0 Å². The van der Waals surface area contributed by atoms with Gasteiger partial charge < -0.3 is 29.9 Å². The first-order valence-electron chi connectivity index (χ1n) is 13.0. The number of aromatic nitrogens is 2. The van der Waals surface area contributed by atoms with Gasteiger partial charge in [-0.2, -0.15) is 0 Å². The van der Waals surface area contributed by atoms with Crippen LogP contribution in [0.4, 0.5) is 16.2 Å². The van der Waals surface area contributed by atoms with Gasteiger partial charge in [-0.25, -0.2) is 4.79 Å². The van der Waals surface area contributed by atoms with E-state index in [4.69, 9.17) is 9.26 Å². The molecule has 1 aliphatic rings. The smallest absolute Gasteiger partial charge is 0.323 e. The Labute approximate surface area is 228 Å². The molecule has 2 aromatic heterocycles. The SMILES string of the molecule is Cc1noc(C)c1NC(=O)Nc1cccc2c1O[C@H](CN(C)Cc1ccncc1)[C@H](C)CN([C@H](C)CO)C2=O. The summed E-state index contributed by atoms with van der Waals surface area (Å²) in [5, 5.41) is 19.4. The number of carbonyl (C=O) groups is 2. The largest absolute Gasteiger partial charge is 0.486 e. The van der Waals surface area contributed by atoms with E-state index >= 15 is 0 Å². The van der Waals surface area contributed by atoms with Gasteiger partial charge >= 0.3 is 6.03 Å². The number of hydrogen-bond acceptors (Lipinski definition) is 8. The van der Waals surface area contributed by atoms with Crippen LogP contribution in [0.1, 0.15) is 41.2 Å². The molecule has 3 amide bonds. The normalized spacial score (nSPS) is 18.1. The number of benzene rings is 1. The lowest BCUT2D eigenvalue weighted by Crippen LogP contribution is -2.49. The molecule has 3 heterocycles. The van der Waals surface area contributed by atoms with Crippen LogP contribution in [-0.2, 0) is 6.54 Å². The second-order valence-corrected chi connectivity index (χ2v) is 10.1. The number of urea groups is 1. The Morgan fingerprint density at radius 1 is 1.23 bits per heavy atom. The van der Waals surface area contributed by atoms with E-state index in [2.05, 4.69) is 25.7 Å². The molecule has 4 rings (SSSR count). The maximum atomic E-state index is 13.7.